The van der Waals surface area contributed by atoms with Crippen molar-refractivity contribution in [1.29, 1.82) is 0 Å². The van der Waals surface area contributed by atoms with Crippen molar-refractivity contribution >= 4 is 17.7 Å². The normalized spacial score (nSPS) is 24.1. The van der Waals surface area contributed by atoms with Crippen LogP contribution in [0.25, 0.3) is 0 Å². The molecule has 0 spiro atoms. The maximum Gasteiger partial charge on any atom is 0.222 e. The van der Waals surface area contributed by atoms with Crippen molar-refractivity contribution in [3.05, 3.63) is 0 Å². The molecule has 92 valence electrons. The van der Waals surface area contributed by atoms with Gasteiger partial charge in [0.25, 0.3) is 0 Å². The summed E-state index contributed by atoms with van der Waals surface area (Å²) in [6.45, 7) is 4.13. The Kier molecular flexibility index (Phi) is 4.97. The Hall–Kier alpha value is -0.220. The molecule has 1 amide bonds. The quantitative estimate of drug-likeness (QED) is 0.793. The molecule has 3 nitrogen and oxygen atoms in total. The predicted octanol–water partition coefficient (Wildman–Crippen LogP) is 1.34. The number of amides is 1. The van der Waals surface area contributed by atoms with E-state index < -0.39 is 0 Å². The fourth-order valence-electron chi connectivity index (χ4n) is 2.46. The van der Waals surface area contributed by atoms with Crippen molar-refractivity contribution in [1.82, 2.24) is 10.2 Å². The highest BCUT2D eigenvalue weighted by atomic mass is 32.2. The maximum atomic E-state index is 12.1. The van der Waals surface area contributed by atoms with Crippen LogP contribution in [0, 0.1) is 5.92 Å². The van der Waals surface area contributed by atoms with Gasteiger partial charge in [0.05, 0.1) is 0 Å². The second-order valence-corrected chi connectivity index (χ2v) is 5.97. The summed E-state index contributed by atoms with van der Waals surface area (Å²) in [5, 5.41) is 3.35. The number of carbonyl (C=O) groups is 1. The molecule has 2 aliphatic heterocycles. The lowest BCUT2D eigenvalue weighted by atomic mass is 9.94. The van der Waals surface area contributed by atoms with Gasteiger partial charge >= 0.3 is 0 Å². The number of rotatable bonds is 2. The smallest absolute Gasteiger partial charge is 0.222 e. The summed E-state index contributed by atoms with van der Waals surface area (Å²) in [6.07, 6.45) is 4.30. The van der Waals surface area contributed by atoms with Crippen molar-refractivity contribution in [3.63, 3.8) is 0 Å². The lowest BCUT2D eigenvalue weighted by Crippen LogP contribution is -2.36. The van der Waals surface area contributed by atoms with E-state index in [1.807, 2.05) is 11.8 Å². The van der Waals surface area contributed by atoms with E-state index in [2.05, 4.69) is 10.2 Å². The van der Waals surface area contributed by atoms with Crippen LogP contribution in [0.1, 0.15) is 25.7 Å². The van der Waals surface area contributed by atoms with Crippen molar-refractivity contribution < 1.29 is 4.79 Å². The van der Waals surface area contributed by atoms with Crippen molar-refractivity contribution in [3.8, 4) is 0 Å². The van der Waals surface area contributed by atoms with E-state index in [0.717, 1.165) is 38.4 Å². The van der Waals surface area contributed by atoms with Crippen LogP contribution in [-0.4, -0.2) is 48.5 Å². The molecule has 0 aromatic heterocycles. The summed E-state index contributed by atoms with van der Waals surface area (Å²) >= 11 is 1.98. The molecule has 0 aliphatic carbocycles. The first-order valence-electron chi connectivity index (χ1n) is 6.42. The molecular formula is C12H22N2OS. The van der Waals surface area contributed by atoms with Crippen LogP contribution in [0.15, 0.2) is 0 Å². The molecule has 4 heteroatoms. The number of piperidine rings is 1. The van der Waals surface area contributed by atoms with E-state index in [4.69, 9.17) is 0 Å². The van der Waals surface area contributed by atoms with Gasteiger partial charge in [-0.1, -0.05) is 0 Å². The largest absolute Gasteiger partial charge is 0.342 e. The van der Waals surface area contributed by atoms with Gasteiger partial charge in [0.15, 0.2) is 0 Å². The molecule has 0 radical (unpaired) electrons. The van der Waals surface area contributed by atoms with Crippen molar-refractivity contribution in [2.75, 3.05) is 37.7 Å². The minimum atomic E-state index is 0.398. The summed E-state index contributed by atoms with van der Waals surface area (Å²) < 4.78 is 0. The Morgan fingerprint density at radius 1 is 1.25 bits per heavy atom. The van der Waals surface area contributed by atoms with Gasteiger partial charge in [0.1, 0.15) is 0 Å². The van der Waals surface area contributed by atoms with Gasteiger partial charge in [0.2, 0.25) is 5.91 Å². The van der Waals surface area contributed by atoms with Crippen LogP contribution in [0.2, 0.25) is 0 Å². The topological polar surface area (TPSA) is 32.3 Å². The predicted molar refractivity (Wildman–Crippen MR) is 68.7 cm³/mol. The SMILES string of the molecule is O=C(CC1CCNCC1)N1CCCSCC1. The lowest BCUT2D eigenvalue weighted by Gasteiger charge is -2.26. The van der Waals surface area contributed by atoms with Gasteiger partial charge in [-0.2, -0.15) is 11.8 Å². The third-order valence-electron chi connectivity index (χ3n) is 3.50. The monoisotopic (exact) mass is 242 g/mol. The zero-order chi connectivity index (χ0) is 11.2. The summed E-state index contributed by atoms with van der Waals surface area (Å²) in [5.74, 6) is 3.37. The second kappa shape index (κ2) is 6.50. The molecule has 2 rings (SSSR count). The summed E-state index contributed by atoms with van der Waals surface area (Å²) in [7, 11) is 0. The molecule has 16 heavy (non-hydrogen) atoms. The van der Waals surface area contributed by atoms with Crippen LogP contribution < -0.4 is 5.32 Å². The number of hydrogen-bond acceptors (Lipinski definition) is 3. The Bertz CT molecular complexity index is 221. The summed E-state index contributed by atoms with van der Waals surface area (Å²) in [5.41, 5.74) is 0. The molecule has 2 aliphatic rings. The molecular weight excluding hydrogens is 220 g/mol. The fraction of sp³-hybridized carbons (Fsp3) is 0.917. The molecule has 2 fully saturated rings. The third-order valence-corrected chi connectivity index (χ3v) is 4.55. The van der Waals surface area contributed by atoms with Gasteiger partial charge in [-0.25, -0.2) is 0 Å². The van der Waals surface area contributed by atoms with Gasteiger partial charge < -0.3 is 10.2 Å². The first-order valence-corrected chi connectivity index (χ1v) is 7.58. The number of nitrogens with one attached hydrogen (secondary N) is 1. The van der Waals surface area contributed by atoms with Gasteiger partial charge in [0, 0.05) is 25.3 Å². The first kappa shape index (κ1) is 12.2. The summed E-state index contributed by atoms with van der Waals surface area (Å²) in [4.78, 5) is 14.2. The van der Waals surface area contributed by atoms with E-state index in [-0.39, 0.29) is 0 Å². The Balaban J connectivity index is 1.76. The molecule has 0 saturated carbocycles. The van der Waals surface area contributed by atoms with Crippen molar-refractivity contribution in [2.24, 2.45) is 5.92 Å². The van der Waals surface area contributed by atoms with E-state index in [0.29, 0.717) is 11.8 Å². The van der Waals surface area contributed by atoms with Crippen LogP contribution in [0.3, 0.4) is 0 Å². The molecule has 0 aromatic carbocycles. The Morgan fingerprint density at radius 2 is 2.06 bits per heavy atom. The Labute approximate surface area is 102 Å². The highest BCUT2D eigenvalue weighted by Crippen LogP contribution is 2.18. The average molecular weight is 242 g/mol. The average Bonchev–Trinajstić information content (AvgIpc) is 2.59. The van der Waals surface area contributed by atoms with Gasteiger partial charge in [-0.3, -0.25) is 4.79 Å². The third kappa shape index (κ3) is 3.67. The van der Waals surface area contributed by atoms with E-state index in [1.54, 1.807) is 0 Å². The Morgan fingerprint density at radius 3 is 2.88 bits per heavy atom. The molecule has 0 bridgehead atoms. The fourth-order valence-corrected chi connectivity index (χ4v) is 3.34. The van der Waals surface area contributed by atoms with E-state index >= 15 is 0 Å². The molecule has 0 atom stereocenters. The first-order chi connectivity index (χ1) is 7.86. The van der Waals surface area contributed by atoms with Gasteiger partial charge in [-0.05, 0) is 44.0 Å². The van der Waals surface area contributed by atoms with Gasteiger partial charge in [-0.15, -0.1) is 0 Å². The minimum absolute atomic E-state index is 0.398. The molecule has 0 unspecified atom stereocenters. The minimum Gasteiger partial charge on any atom is -0.342 e. The van der Waals surface area contributed by atoms with E-state index in [9.17, 15) is 4.79 Å². The molecule has 1 N–H and O–H groups in total. The molecule has 2 heterocycles. The summed E-state index contributed by atoms with van der Waals surface area (Å²) in [6, 6.07) is 0. The van der Waals surface area contributed by atoms with Crippen LogP contribution in [0.4, 0.5) is 0 Å². The lowest BCUT2D eigenvalue weighted by molar-refractivity contribution is -0.132. The van der Waals surface area contributed by atoms with Crippen LogP contribution >= 0.6 is 11.8 Å². The highest BCUT2D eigenvalue weighted by Gasteiger charge is 2.21. The molecule has 2 saturated heterocycles. The number of hydrogen-bond donors (Lipinski definition) is 1. The highest BCUT2D eigenvalue weighted by molar-refractivity contribution is 7.99. The van der Waals surface area contributed by atoms with Crippen molar-refractivity contribution in [2.45, 2.75) is 25.7 Å². The standard InChI is InChI=1S/C12H22N2OS/c15-12(10-11-2-4-13-5-3-11)14-6-1-8-16-9-7-14/h11,13H,1-10H2. The number of carbonyl (C=O) groups excluding carboxylic acids is 1. The number of nitrogens with zero attached hydrogens (tertiary/aromatic N) is 1. The van der Waals surface area contributed by atoms with Crippen LogP contribution in [-0.2, 0) is 4.79 Å². The maximum absolute atomic E-state index is 12.1. The second-order valence-electron chi connectivity index (χ2n) is 4.74. The number of thioether (sulfide) groups is 1. The molecule has 0 aromatic rings. The zero-order valence-corrected chi connectivity index (χ0v) is 10.7. The van der Waals surface area contributed by atoms with Crippen LogP contribution in [0.5, 0.6) is 0 Å². The van der Waals surface area contributed by atoms with E-state index in [1.165, 1.54) is 25.0 Å². The zero-order valence-electron chi connectivity index (χ0n) is 9.91.